The van der Waals surface area contributed by atoms with E-state index >= 15 is 0 Å². The van der Waals surface area contributed by atoms with E-state index in [1.807, 2.05) is 7.05 Å². The number of hydrogen-bond acceptors (Lipinski definition) is 5. The maximum Gasteiger partial charge on any atom is 0.204 e. The van der Waals surface area contributed by atoms with Crippen LogP contribution in [-0.2, 0) is 0 Å². The van der Waals surface area contributed by atoms with Crippen molar-refractivity contribution in [3.05, 3.63) is 6.33 Å². The van der Waals surface area contributed by atoms with E-state index in [0.29, 0.717) is 0 Å². The van der Waals surface area contributed by atoms with Crippen molar-refractivity contribution >= 4 is 16.7 Å². The third-order valence-electron chi connectivity index (χ3n) is 1.55. The van der Waals surface area contributed by atoms with Crippen LogP contribution in [0.4, 0.5) is 5.13 Å². The van der Waals surface area contributed by atoms with Crippen LogP contribution in [0.15, 0.2) is 6.33 Å². The molecule has 12 heavy (non-hydrogen) atoms. The van der Waals surface area contributed by atoms with Crippen LogP contribution in [0, 0.1) is 0 Å². The zero-order valence-corrected chi connectivity index (χ0v) is 8.27. The summed E-state index contributed by atoms with van der Waals surface area (Å²) in [6.45, 7) is 5.09. The minimum absolute atomic E-state index is 0.975. The SMILES string of the molecule is CCNCCN(C)c1ncns1. The molecule has 0 radical (unpaired) electrons. The van der Waals surface area contributed by atoms with Gasteiger partial charge in [0, 0.05) is 31.7 Å². The second-order valence-electron chi connectivity index (χ2n) is 2.50. The van der Waals surface area contributed by atoms with Crippen molar-refractivity contribution in [3.63, 3.8) is 0 Å². The van der Waals surface area contributed by atoms with Crippen molar-refractivity contribution < 1.29 is 0 Å². The van der Waals surface area contributed by atoms with E-state index < -0.39 is 0 Å². The lowest BCUT2D eigenvalue weighted by molar-refractivity contribution is 0.705. The van der Waals surface area contributed by atoms with E-state index in [0.717, 1.165) is 24.8 Å². The van der Waals surface area contributed by atoms with Gasteiger partial charge in [-0.25, -0.2) is 4.98 Å². The van der Waals surface area contributed by atoms with Gasteiger partial charge in [0.2, 0.25) is 5.13 Å². The van der Waals surface area contributed by atoms with Crippen LogP contribution in [0.5, 0.6) is 0 Å². The van der Waals surface area contributed by atoms with Crippen molar-refractivity contribution in [2.45, 2.75) is 6.92 Å². The fraction of sp³-hybridized carbons (Fsp3) is 0.714. The minimum atomic E-state index is 0.975. The molecule has 0 aliphatic heterocycles. The number of rotatable bonds is 5. The zero-order chi connectivity index (χ0) is 8.81. The van der Waals surface area contributed by atoms with Gasteiger partial charge in [0.05, 0.1) is 0 Å². The summed E-state index contributed by atoms with van der Waals surface area (Å²) in [5.41, 5.74) is 0. The Hall–Kier alpha value is -0.680. The van der Waals surface area contributed by atoms with E-state index in [1.165, 1.54) is 11.5 Å². The van der Waals surface area contributed by atoms with Gasteiger partial charge in [-0.15, -0.1) is 0 Å². The van der Waals surface area contributed by atoms with Crippen molar-refractivity contribution in [2.24, 2.45) is 0 Å². The lowest BCUT2D eigenvalue weighted by atomic mass is 10.5. The van der Waals surface area contributed by atoms with E-state index in [-0.39, 0.29) is 0 Å². The Morgan fingerprint density at radius 3 is 3.08 bits per heavy atom. The molecule has 68 valence electrons. The summed E-state index contributed by atoms with van der Waals surface area (Å²) in [5.74, 6) is 0. The molecule has 0 aromatic carbocycles. The minimum Gasteiger partial charge on any atom is -0.349 e. The second-order valence-corrected chi connectivity index (χ2v) is 3.26. The standard InChI is InChI=1S/C7H14N4S/c1-3-8-4-5-11(2)7-9-6-10-12-7/h6,8H,3-5H2,1-2H3. The molecule has 5 heteroatoms. The van der Waals surface area contributed by atoms with Gasteiger partial charge in [-0.1, -0.05) is 6.92 Å². The van der Waals surface area contributed by atoms with Gasteiger partial charge in [0.25, 0.3) is 0 Å². The van der Waals surface area contributed by atoms with Crippen molar-refractivity contribution in [1.82, 2.24) is 14.7 Å². The Kier molecular flexibility index (Phi) is 3.96. The highest BCUT2D eigenvalue weighted by Crippen LogP contribution is 2.10. The van der Waals surface area contributed by atoms with Crippen molar-refractivity contribution in [1.29, 1.82) is 0 Å². The molecule has 1 aromatic heterocycles. The Balaban J connectivity index is 2.25. The van der Waals surface area contributed by atoms with Crippen LogP contribution in [0.2, 0.25) is 0 Å². The highest BCUT2D eigenvalue weighted by Gasteiger charge is 2.01. The Morgan fingerprint density at radius 2 is 2.50 bits per heavy atom. The summed E-state index contributed by atoms with van der Waals surface area (Å²) in [7, 11) is 2.03. The quantitative estimate of drug-likeness (QED) is 0.683. The monoisotopic (exact) mass is 186 g/mol. The van der Waals surface area contributed by atoms with Crippen molar-refractivity contribution in [3.8, 4) is 0 Å². The normalized spacial score (nSPS) is 10.2. The molecule has 0 unspecified atom stereocenters. The third kappa shape index (κ3) is 2.75. The maximum atomic E-state index is 4.10. The molecule has 0 aliphatic carbocycles. The van der Waals surface area contributed by atoms with Gasteiger partial charge in [-0.05, 0) is 6.54 Å². The van der Waals surface area contributed by atoms with Gasteiger partial charge < -0.3 is 10.2 Å². The smallest absolute Gasteiger partial charge is 0.204 e. The molecule has 4 nitrogen and oxygen atoms in total. The molecular weight excluding hydrogens is 172 g/mol. The van der Waals surface area contributed by atoms with Gasteiger partial charge >= 0.3 is 0 Å². The molecule has 0 amide bonds. The topological polar surface area (TPSA) is 41.0 Å². The predicted molar refractivity (Wildman–Crippen MR) is 51.7 cm³/mol. The summed E-state index contributed by atoms with van der Waals surface area (Å²) in [5, 5.41) is 4.24. The highest BCUT2D eigenvalue weighted by atomic mass is 32.1. The lowest BCUT2D eigenvalue weighted by Gasteiger charge is -2.14. The van der Waals surface area contributed by atoms with Crippen molar-refractivity contribution in [2.75, 3.05) is 31.6 Å². The first kappa shape index (κ1) is 9.41. The van der Waals surface area contributed by atoms with E-state index in [2.05, 4.69) is 26.5 Å². The van der Waals surface area contributed by atoms with E-state index in [1.54, 1.807) is 6.33 Å². The zero-order valence-electron chi connectivity index (χ0n) is 7.45. The first-order valence-corrected chi connectivity index (χ1v) is 4.80. The molecule has 1 aromatic rings. The summed E-state index contributed by atoms with van der Waals surface area (Å²) >= 11 is 1.43. The van der Waals surface area contributed by atoms with Crippen LogP contribution in [-0.4, -0.2) is 36.0 Å². The van der Waals surface area contributed by atoms with Gasteiger partial charge in [0.1, 0.15) is 6.33 Å². The number of likely N-dealkylation sites (N-methyl/N-ethyl adjacent to an activating group) is 2. The summed E-state index contributed by atoms with van der Waals surface area (Å²) in [6.07, 6.45) is 1.59. The molecule has 1 N–H and O–H groups in total. The molecule has 0 spiro atoms. The largest absolute Gasteiger partial charge is 0.349 e. The molecule has 0 saturated carbocycles. The number of aromatic nitrogens is 2. The predicted octanol–water partition coefficient (Wildman–Crippen LogP) is 0.584. The molecule has 1 rings (SSSR count). The highest BCUT2D eigenvalue weighted by molar-refractivity contribution is 7.09. The molecule has 0 saturated heterocycles. The summed E-state index contributed by atoms with van der Waals surface area (Å²) in [4.78, 5) is 6.20. The first-order valence-electron chi connectivity index (χ1n) is 4.03. The van der Waals surface area contributed by atoms with E-state index in [9.17, 15) is 0 Å². The molecule has 0 bridgehead atoms. The van der Waals surface area contributed by atoms with Crippen LogP contribution in [0.25, 0.3) is 0 Å². The summed E-state index contributed by atoms with van der Waals surface area (Å²) < 4.78 is 3.94. The summed E-state index contributed by atoms with van der Waals surface area (Å²) in [6, 6.07) is 0. The van der Waals surface area contributed by atoms with Gasteiger partial charge in [-0.2, -0.15) is 4.37 Å². The third-order valence-corrected chi connectivity index (χ3v) is 2.33. The molecule has 1 heterocycles. The molecule has 0 fully saturated rings. The van der Waals surface area contributed by atoms with Gasteiger partial charge in [0.15, 0.2) is 0 Å². The van der Waals surface area contributed by atoms with E-state index in [4.69, 9.17) is 0 Å². The molecule has 0 atom stereocenters. The van der Waals surface area contributed by atoms with Gasteiger partial charge in [-0.3, -0.25) is 0 Å². The fourth-order valence-electron chi connectivity index (χ4n) is 0.855. The number of nitrogens with one attached hydrogen (secondary N) is 1. The molecular formula is C7H14N4S. The number of hydrogen-bond donors (Lipinski definition) is 1. The number of anilines is 1. The van der Waals surface area contributed by atoms with Crippen LogP contribution >= 0.6 is 11.5 Å². The number of nitrogens with zero attached hydrogens (tertiary/aromatic N) is 3. The lowest BCUT2D eigenvalue weighted by Crippen LogP contribution is -2.28. The second kappa shape index (κ2) is 5.05. The Labute approximate surface area is 76.8 Å². The first-order chi connectivity index (χ1) is 5.84. The molecule has 0 aliphatic rings. The average Bonchev–Trinajstić information content (AvgIpc) is 2.56. The fourth-order valence-corrected chi connectivity index (χ4v) is 1.37. The Morgan fingerprint density at radius 1 is 1.67 bits per heavy atom. The Bertz CT molecular complexity index is 199. The average molecular weight is 186 g/mol. The van der Waals surface area contributed by atoms with Crippen LogP contribution in [0.1, 0.15) is 6.92 Å². The maximum absolute atomic E-state index is 4.10. The van der Waals surface area contributed by atoms with Crippen LogP contribution in [0.3, 0.4) is 0 Å². The van der Waals surface area contributed by atoms with Crippen LogP contribution < -0.4 is 10.2 Å².